The Hall–Kier alpha value is -2.01. The third-order valence-corrected chi connectivity index (χ3v) is 2.20. The second-order valence-corrected chi connectivity index (χ2v) is 3.27. The van der Waals surface area contributed by atoms with E-state index in [2.05, 4.69) is 12.1 Å². The summed E-state index contributed by atoms with van der Waals surface area (Å²) in [6.07, 6.45) is 0.423. The van der Waals surface area contributed by atoms with E-state index in [1.807, 2.05) is 36.4 Å². The van der Waals surface area contributed by atoms with Crippen LogP contribution >= 0.6 is 0 Å². The molecule has 0 N–H and O–H groups in total. The molecular weight excluding hydrogens is 186 g/mol. The van der Waals surface area contributed by atoms with E-state index >= 15 is 0 Å². The molecule has 2 heteroatoms. The Bertz CT molecular complexity index is 499. The highest BCUT2D eigenvalue weighted by Crippen LogP contribution is 2.20. The first kappa shape index (κ1) is 9.54. The van der Waals surface area contributed by atoms with Gasteiger partial charge in [-0.05, 0) is 22.9 Å². The lowest BCUT2D eigenvalue weighted by atomic mass is 10.1. The smallest absolute Gasteiger partial charge is 0.119 e. The van der Waals surface area contributed by atoms with E-state index < -0.39 is 0 Å². The lowest BCUT2D eigenvalue weighted by Gasteiger charge is -2.04. The van der Waals surface area contributed by atoms with Crippen molar-refractivity contribution in [1.29, 1.82) is 5.26 Å². The Balaban J connectivity index is 2.20. The molecule has 0 heterocycles. The molecule has 0 aliphatic heterocycles. The van der Waals surface area contributed by atoms with Crippen LogP contribution in [-0.4, -0.2) is 6.61 Å². The Morgan fingerprint density at radius 2 is 1.87 bits per heavy atom. The van der Waals surface area contributed by atoms with Gasteiger partial charge < -0.3 is 4.74 Å². The van der Waals surface area contributed by atoms with E-state index in [-0.39, 0.29) is 0 Å². The van der Waals surface area contributed by atoms with E-state index in [4.69, 9.17) is 10.00 Å². The minimum atomic E-state index is 0.423. The van der Waals surface area contributed by atoms with Gasteiger partial charge in [0.1, 0.15) is 12.4 Å². The topological polar surface area (TPSA) is 33.0 Å². The minimum absolute atomic E-state index is 0.423. The molecule has 2 aromatic rings. The summed E-state index contributed by atoms with van der Waals surface area (Å²) in [6, 6.07) is 16.1. The largest absolute Gasteiger partial charge is 0.493 e. The molecular formula is C13H11NO. The fraction of sp³-hybridized carbons (Fsp3) is 0.154. The molecule has 0 bridgehead atoms. The highest BCUT2D eigenvalue weighted by molar-refractivity contribution is 5.83. The van der Waals surface area contributed by atoms with E-state index in [0.29, 0.717) is 13.0 Å². The summed E-state index contributed by atoms with van der Waals surface area (Å²) in [6.45, 7) is 0.453. The molecule has 15 heavy (non-hydrogen) atoms. The first-order valence-electron chi connectivity index (χ1n) is 4.89. The number of nitriles is 1. The van der Waals surface area contributed by atoms with Gasteiger partial charge in [-0.3, -0.25) is 0 Å². The van der Waals surface area contributed by atoms with Crippen LogP contribution < -0.4 is 4.74 Å². The highest BCUT2D eigenvalue weighted by Gasteiger charge is 1.96. The summed E-state index contributed by atoms with van der Waals surface area (Å²) in [5.41, 5.74) is 0. The fourth-order valence-electron chi connectivity index (χ4n) is 1.47. The summed E-state index contributed by atoms with van der Waals surface area (Å²) in [5, 5.41) is 10.7. The molecule has 0 saturated carbocycles. The summed E-state index contributed by atoms with van der Waals surface area (Å²) in [7, 11) is 0. The van der Waals surface area contributed by atoms with Gasteiger partial charge in [0.25, 0.3) is 0 Å². The molecule has 0 aliphatic carbocycles. The maximum atomic E-state index is 8.39. The molecule has 2 nitrogen and oxygen atoms in total. The quantitative estimate of drug-likeness (QED) is 0.708. The standard InChI is InChI=1S/C13H11NO/c14-8-3-9-15-13-7-6-11-4-1-2-5-12(11)10-13/h1-2,4-7,10H,3,9H2. The van der Waals surface area contributed by atoms with Gasteiger partial charge >= 0.3 is 0 Å². The highest BCUT2D eigenvalue weighted by atomic mass is 16.5. The van der Waals surface area contributed by atoms with Gasteiger partial charge in [-0.15, -0.1) is 0 Å². The first-order valence-corrected chi connectivity index (χ1v) is 4.89. The molecule has 0 atom stereocenters. The van der Waals surface area contributed by atoms with Crippen molar-refractivity contribution >= 4 is 10.8 Å². The number of benzene rings is 2. The maximum absolute atomic E-state index is 8.39. The molecule has 0 saturated heterocycles. The number of hydrogen-bond donors (Lipinski definition) is 0. The monoisotopic (exact) mass is 197 g/mol. The number of ether oxygens (including phenoxy) is 1. The van der Waals surface area contributed by atoms with Gasteiger partial charge in [0, 0.05) is 0 Å². The van der Waals surface area contributed by atoms with Crippen molar-refractivity contribution in [3.05, 3.63) is 42.5 Å². The van der Waals surface area contributed by atoms with Crippen LogP contribution in [0.3, 0.4) is 0 Å². The molecule has 0 fully saturated rings. The Labute approximate surface area is 88.7 Å². The van der Waals surface area contributed by atoms with Crippen molar-refractivity contribution in [2.24, 2.45) is 0 Å². The lowest BCUT2D eigenvalue weighted by molar-refractivity contribution is 0.327. The third-order valence-electron chi connectivity index (χ3n) is 2.20. The van der Waals surface area contributed by atoms with Gasteiger partial charge in [0.2, 0.25) is 0 Å². The predicted molar refractivity (Wildman–Crippen MR) is 59.7 cm³/mol. The summed E-state index contributed by atoms with van der Waals surface area (Å²) in [4.78, 5) is 0. The Morgan fingerprint density at radius 3 is 2.67 bits per heavy atom. The molecule has 0 amide bonds. The zero-order valence-corrected chi connectivity index (χ0v) is 8.31. The van der Waals surface area contributed by atoms with Crippen molar-refractivity contribution < 1.29 is 4.74 Å². The average molecular weight is 197 g/mol. The van der Waals surface area contributed by atoms with E-state index in [0.717, 1.165) is 11.1 Å². The van der Waals surface area contributed by atoms with Gasteiger partial charge in [-0.1, -0.05) is 30.3 Å². The summed E-state index contributed by atoms with van der Waals surface area (Å²) < 4.78 is 5.43. The summed E-state index contributed by atoms with van der Waals surface area (Å²) >= 11 is 0. The molecule has 0 aliphatic rings. The Kier molecular flexibility index (Phi) is 2.85. The van der Waals surface area contributed by atoms with Crippen LogP contribution in [0.5, 0.6) is 5.75 Å². The van der Waals surface area contributed by atoms with Crippen LogP contribution in [0.2, 0.25) is 0 Å². The molecule has 0 aromatic heterocycles. The SMILES string of the molecule is N#CCCOc1ccc2ccccc2c1. The van der Waals surface area contributed by atoms with Crippen LogP contribution in [0.4, 0.5) is 0 Å². The van der Waals surface area contributed by atoms with Crippen molar-refractivity contribution in [2.75, 3.05) is 6.61 Å². The zero-order chi connectivity index (χ0) is 10.5. The third kappa shape index (κ3) is 2.26. The van der Waals surface area contributed by atoms with Crippen LogP contribution in [0, 0.1) is 11.3 Å². The molecule has 0 radical (unpaired) electrons. The van der Waals surface area contributed by atoms with Gasteiger partial charge in [0.15, 0.2) is 0 Å². The normalized spacial score (nSPS) is 9.80. The van der Waals surface area contributed by atoms with Crippen molar-refractivity contribution in [3.63, 3.8) is 0 Å². The number of rotatable bonds is 3. The van der Waals surface area contributed by atoms with Crippen molar-refractivity contribution in [1.82, 2.24) is 0 Å². The van der Waals surface area contributed by atoms with Gasteiger partial charge in [-0.2, -0.15) is 5.26 Å². The summed E-state index contributed by atoms with van der Waals surface area (Å²) in [5.74, 6) is 0.823. The average Bonchev–Trinajstić information content (AvgIpc) is 2.29. The van der Waals surface area contributed by atoms with E-state index in [9.17, 15) is 0 Å². The Morgan fingerprint density at radius 1 is 1.07 bits per heavy atom. The van der Waals surface area contributed by atoms with Crippen LogP contribution in [0.25, 0.3) is 10.8 Å². The van der Waals surface area contributed by atoms with Crippen LogP contribution in [0.1, 0.15) is 6.42 Å². The zero-order valence-electron chi connectivity index (χ0n) is 8.31. The second kappa shape index (κ2) is 4.47. The van der Waals surface area contributed by atoms with Crippen LogP contribution in [0.15, 0.2) is 42.5 Å². The van der Waals surface area contributed by atoms with Gasteiger partial charge in [0.05, 0.1) is 12.5 Å². The predicted octanol–water partition coefficient (Wildman–Crippen LogP) is 3.13. The lowest BCUT2D eigenvalue weighted by Crippen LogP contribution is -1.95. The number of nitrogens with zero attached hydrogens (tertiary/aromatic N) is 1. The minimum Gasteiger partial charge on any atom is -0.493 e. The molecule has 2 rings (SSSR count). The van der Waals surface area contributed by atoms with Crippen molar-refractivity contribution in [3.8, 4) is 11.8 Å². The van der Waals surface area contributed by atoms with Gasteiger partial charge in [-0.25, -0.2) is 0 Å². The van der Waals surface area contributed by atoms with Crippen LogP contribution in [-0.2, 0) is 0 Å². The number of hydrogen-bond acceptors (Lipinski definition) is 2. The molecule has 74 valence electrons. The number of fused-ring (bicyclic) bond motifs is 1. The molecule has 0 unspecified atom stereocenters. The van der Waals surface area contributed by atoms with E-state index in [1.54, 1.807) is 0 Å². The second-order valence-electron chi connectivity index (χ2n) is 3.27. The molecule has 0 spiro atoms. The molecule has 2 aromatic carbocycles. The maximum Gasteiger partial charge on any atom is 0.119 e. The van der Waals surface area contributed by atoms with E-state index in [1.165, 1.54) is 5.39 Å². The first-order chi connectivity index (χ1) is 7.40. The fourth-order valence-corrected chi connectivity index (χ4v) is 1.47. The van der Waals surface area contributed by atoms with Crippen molar-refractivity contribution in [2.45, 2.75) is 6.42 Å².